The van der Waals surface area contributed by atoms with Gasteiger partial charge in [0.15, 0.2) is 0 Å². The second-order valence-corrected chi connectivity index (χ2v) is 5.13. The first-order chi connectivity index (χ1) is 9.87. The maximum absolute atomic E-state index is 12.6. The maximum atomic E-state index is 12.6. The summed E-state index contributed by atoms with van der Waals surface area (Å²) in [5, 5.41) is 3.27. The number of halogens is 3. The predicted octanol–water partition coefficient (Wildman–Crippen LogP) is 3.67. The molecule has 3 nitrogen and oxygen atoms in total. The second kappa shape index (κ2) is 8.22. The lowest BCUT2D eigenvalue weighted by Gasteiger charge is -2.25. The average molecular weight is 303 g/mol. The highest BCUT2D eigenvalue weighted by molar-refractivity contribution is 5.42. The highest BCUT2D eigenvalue weighted by Crippen LogP contribution is 2.22. The van der Waals surface area contributed by atoms with Crippen molar-refractivity contribution >= 4 is 5.82 Å². The Kier molecular flexibility index (Phi) is 6.95. The summed E-state index contributed by atoms with van der Waals surface area (Å²) in [7, 11) is 0. The third-order valence-electron chi connectivity index (χ3n) is 3.11. The number of aryl methyl sites for hydroxylation is 1. The molecule has 1 heterocycles. The van der Waals surface area contributed by atoms with Gasteiger partial charge in [-0.1, -0.05) is 19.9 Å². The molecule has 0 saturated carbocycles. The largest absolute Gasteiger partial charge is 0.405 e. The Morgan fingerprint density at radius 1 is 1.19 bits per heavy atom. The van der Waals surface area contributed by atoms with Crippen molar-refractivity contribution in [3.8, 4) is 0 Å². The molecule has 0 aromatic carbocycles. The Morgan fingerprint density at radius 2 is 1.90 bits per heavy atom. The Hall–Kier alpha value is -1.30. The van der Waals surface area contributed by atoms with E-state index in [-0.39, 0.29) is 0 Å². The first-order valence-corrected chi connectivity index (χ1v) is 7.36. The van der Waals surface area contributed by atoms with Crippen LogP contribution in [0.1, 0.15) is 37.9 Å². The number of pyridine rings is 1. The molecule has 0 aliphatic carbocycles. The zero-order valence-electron chi connectivity index (χ0n) is 12.9. The number of alkyl halides is 3. The van der Waals surface area contributed by atoms with E-state index in [2.05, 4.69) is 17.2 Å². The van der Waals surface area contributed by atoms with E-state index in [0.29, 0.717) is 25.3 Å². The number of nitrogens with zero attached hydrogens (tertiary/aromatic N) is 2. The fraction of sp³-hybridized carbons (Fsp3) is 0.667. The smallest absolute Gasteiger partial charge is 0.348 e. The maximum Gasteiger partial charge on any atom is 0.405 e. The monoisotopic (exact) mass is 303 g/mol. The lowest BCUT2D eigenvalue weighted by atomic mass is 10.2. The molecule has 0 aliphatic rings. The zero-order chi connectivity index (χ0) is 15.9. The third-order valence-corrected chi connectivity index (χ3v) is 3.11. The summed E-state index contributed by atoms with van der Waals surface area (Å²) in [5.74, 6) is 0.394. The van der Waals surface area contributed by atoms with Crippen molar-refractivity contribution < 1.29 is 13.2 Å². The van der Waals surface area contributed by atoms with Crippen LogP contribution in [0.4, 0.5) is 19.0 Å². The minimum Gasteiger partial charge on any atom is -0.348 e. The lowest BCUT2D eigenvalue weighted by Crippen LogP contribution is -2.35. The molecule has 6 heteroatoms. The van der Waals surface area contributed by atoms with Gasteiger partial charge in [-0.2, -0.15) is 13.2 Å². The zero-order valence-corrected chi connectivity index (χ0v) is 12.9. The van der Waals surface area contributed by atoms with E-state index in [4.69, 9.17) is 0 Å². The highest BCUT2D eigenvalue weighted by atomic mass is 19.4. The number of rotatable bonds is 8. The quantitative estimate of drug-likeness (QED) is 0.743. The van der Waals surface area contributed by atoms with Crippen LogP contribution in [0.3, 0.4) is 0 Å². The number of nitrogens with one attached hydrogen (secondary N) is 1. The predicted molar refractivity (Wildman–Crippen MR) is 79.5 cm³/mol. The molecule has 1 aromatic rings. The number of anilines is 1. The van der Waals surface area contributed by atoms with Gasteiger partial charge in [0.05, 0.1) is 0 Å². The van der Waals surface area contributed by atoms with E-state index in [1.54, 1.807) is 6.07 Å². The molecule has 1 rings (SSSR count). The summed E-state index contributed by atoms with van der Waals surface area (Å²) in [4.78, 5) is 5.63. The molecule has 0 bridgehead atoms. The van der Waals surface area contributed by atoms with E-state index in [1.807, 2.05) is 19.9 Å². The third kappa shape index (κ3) is 6.33. The van der Waals surface area contributed by atoms with Gasteiger partial charge in [0.1, 0.15) is 12.4 Å². The Labute approximate surface area is 124 Å². The van der Waals surface area contributed by atoms with Gasteiger partial charge in [0.25, 0.3) is 0 Å². The van der Waals surface area contributed by atoms with Gasteiger partial charge in [-0.15, -0.1) is 0 Å². The number of hydrogen-bond acceptors (Lipinski definition) is 3. The van der Waals surface area contributed by atoms with Crippen LogP contribution in [-0.2, 0) is 6.54 Å². The minimum absolute atomic E-state index is 0.347. The molecule has 0 fully saturated rings. The fourth-order valence-corrected chi connectivity index (χ4v) is 2.10. The summed E-state index contributed by atoms with van der Waals surface area (Å²) in [6, 6.07) is 3.54. The van der Waals surface area contributed by atoms with Crippen molar-refractivity contribution in [3.05, 3.63) is 23.4 Å². The van der Waals surface area contributed by atoms with Crippen molar-refractivity contribution in [2.45, 2.75) is 46.3 Å². The van der Waals surface area contributed by atoms with Crippen molar-refractivity contribution in [3.63, 3.8) is 0 Å². The van der Waals surface area contributed by atoms with Gasteiger partial charge in [-0.05, 0) is 37.9 Å². The Morgan fingerprint density at radius 3 is 2.43 bits per heavy atom. The summed E-state index contributed by atoms with van der Waals surface area (Å²) < 4.78 is 37.9. The second-order valence-electron chi connectivity index (χ2n) is 5.13. The molecule has 120 valence electrons. The van der Waals surface area contributed by atoms with E-state index in [0.717, 1.165) is 24.2 Å². The van der Waals surface area contributed by atoms with E-state index < -0.39 is 12.7 Å². The van der Waals surface area contributed by atoms with Crippen molar-refractivity contribution in [2.75, 3.05) is 24.5 Å². The molecule has 0 saturated heterocycles. The molecule has 0 radical (unpaired) electrons. The topological polar surface area (TPSA) is 28.2 Å². The molecule has 0 unspecified atom stereocenters. The van der Waals surface area contributed by atoms with Crippen LogP contribution in [-0.4, -0.2) is 30.8 Å². The summed E-state index contributed by atoms with van der Waals surface area (Å²) in [6.07, 6.45) is -2.52. The average Bonchev–Trinajstić information content (AvgIpc) is 2.39. The molecule has 0 amide bonds. The number of hydrogen-bond donors (Lipinski definition) is 1. The van der Waals surface area contributed by atoms with Crippen LogP contribution >= 0.6 is 0 Å². The fourth-order valence-electron chi connectivity index (χ4n) is 2.10. The van der Waals surface area contributed by atoms with E-state index in [9.17, 15) is 13.2 Å². The molecular formula is C15H24F3N3. The molecule has 0 spiro atoms. The van der Waals surface area contributed by atoms with Gasteiger partial charge in [-0.3, -0.25) is 0 Å². The summed E-state index contributed by atoms with van der Waals surface area (Å²) >= 11 is 0. The van der Waals surface area contributed by atoms with Crippen molar-refractivity contribution in [2.24, 2.45) is 0 Å². The summed E-state index contributed by atoms with van der Waals surface area (Å²) in [6.45, 7) is 6.78. The molecule has 0 atom stereocenters. The van der Waals surface area contributed by atoms with Crippen LogP contribution in [0.15, 0.2) is 12.1 Å². The van der Waals surface area contributed by atoms with Gasteiger partial charge < -0.3 is 10.2 Å². The van der Waals surface area contributed by atoms with E-state index in [1.165, 1.54) is 4.90 Å². The number of aromatic nitrogens is 1. The Balaban J connectivity index is 2.82. The van der Waals surface area contributed by atoms with Crippen LogP contribution in [0.25, 0.3) is 0 Å². The summed E-state index contributed by atoms with van der Waals surface area (Å²) in [5.41, 5.74) is 1.80. The highest BCUT2D eigenvalue weighted by Gasteiger charge is 2.31. The molecule has 0 aliphatic heterocycles. The van der Waals surface area contributed by atoms with Crippen LogP contribution in [0.5, 0.6) is 0 Å². The van der Waals surface area contributed by atoms with Gasteiger partial charge >= 0.3 is 6.18 Å². The lowest BCUT2D eigenvalue weighted by molar-refractivity contribution is -0.119. The Bertz CT molecular complexity index is 433. The van der Waals surface area contributed by atoms with Gasteiger partial charge in [0.2, 0.25) is 0 Å². The van der Waals surface area contributed by atoms with Gasteiger partial charge in [-0.25, -0.2) is 4.98 Å². The molecule has 21 heavy (non-hydrogen) atoms. The SMILES string of the molecule is CCCNCc1ccc(N(CCC)CC(F)(F)F)nc1C. The minimum atomic E-state index is -4.22. The first-order valence-electron chi connectivity index (χ1n) is 7.36. The normalized spacial score (nSPS) is 11.7. The van der Waals surface area contributed by atoms with Crippen molar-refractivity contribution in [1.29, 1.82) is 0 Å². The molecule has 1 aromatic heterocycles. The molecular weight excluding hydrogens is 279 g/mol. The van der Waals surface area contributed by atoms with Crippen molar-refractivity contribution in [1.82, 2.24) is 10.3 Å². The van der Waals surface area contributed by atoms with Crippen LogP contribution in [0, 0.1) is 6.92 Å². The molecule has 1 N–H and O–H groups in total. The first kappa shape index (κ1) is 17.8. The van der Waals surface area contributed by atoms with Gasteiger partial charge in [0, 0.05) is 18.8 Å². The van der Waals surface area contributed by atoms with Crippen LogP contribution < -0.4 is 10.2 Å². The standard InChI is InChI=1S/C15H24F3N3/c1-4-8-19-10-13-6-7-14(20-12(13)3)21(9-5-2)11-15(16,17)18/h6-7,19H,4-5,8-11H2,1-3H3. The van der Waals surface area contributed by atoms with Crippen LogP contribution in [0.2, 0.25) is 0 Å². The van der Waals surface area contributed by atoms with E-state index >= 15 is 0 Å².